The Morgan fingerprint density at radius 3 is 2.27 bits per heavy atom. The molecule has 2 N–H and O–H groups in total. The van der Waals surface area contributed by atoms with Crippen LogP contribution in [-0.2, 0) is 4.74 Å². The summed E-state index contributed by atoms with van der Waals surface area (Å²) >= 11 is 0. The zero-order chi connectivity index (χ0) is 21.7. The molecule has 9 heteroatoms. The molecule has 3 rings (SSSR count). The molecule has 30 heavy (non-hydrogen) atoms. The number of halogens is 1. The normalized spacial score (nSPS) is 13.7. The lowest BCUT2D eigenvalue weighted by atomic mass is 10.1. The van der Waals surface area contributed by atoms with E-state index in [1.807, 2.05) is 4.90 Å². The number of carbonyl (C=O) groups excluding carboxylic acids is 2. The number of carboxylic acid groups (broad SMARTS) is 1. The molecule has 1 saturated heterocycles. The van der Waals surface area contributed by atoms with Gasteiger partial charge in [0.25, 0.3) is 5.91 Å². The molecule has 0 aromatic heterocycles. The number of hydrogen-bond donors (Lipinski definition) is 2. The van der Waals surface area contributed by atoms with Crippen LogP contribution in [0, 0.1) is 5.82 Å². The van der Waals surface area contributed by atoms with Crippen molar-refractivity contribution in [3.8, 4) is 0 Å². The van der Waals surface area contributed by atoms with Crippen LogP contribution in [0.15, 0.2) is 42.5 Å². The fourth-order valence-corrected chi connectivity index (χ4v) is 3.19. The van der Waals surface area contributed by atoms with E-state index in [2.05, 4.69) is 5.32 Å². The quantitative estimate of drug-likeness (QED) is 0.779. The van der Waals surface area contributed by atoms with Crippen molar-refractivity contribution in [3.63, 3.8) is 0 Å². The van der Waals surface area contributed by atoms with Crippen LogP contribution >= 0.6 is 0 Å². The number of piperazine rings is 1. The molecule has 0 radical (unpaired) electrons. The summed E-state index contributed by atoms with van der Waals surface area (Å²) in [7, 11) is 0. The first-order chi connectivity index (χ1) is 14.4. The van der Waals surface area contributed by atoms with Crippen LogP contribution in [0.1, 0.15) is 27.6 Å². The largest absolute Gasteiger partial charge is 0.478 e. The highest BCUT2D eigenvalue weighted by Crippen LogP contribution is 2.29. The molecule has 0 spiro atoms. The molecule has 0 atom stereocenters. The van der Waals surface area contributed by atoms with Gasteiger partial charge in [0.15, 0.2) is 0 Å². The van der Waals surface area contributed by atoms with Crippen LogP contribution in [0.25, 0.3) is 0 Å². The standard InChI is InChI=1S/C21H22FN3O5/c1-2-30-21(29)25-11-9-24(10-12-25)18-8-5-15(20(27)28)13-17(18)23-19(26)14-3-6-16(22)7-4-14/h3-8,13H,2,9-12H2,1H3,(H,23,26)(H,27,28). The number of aromatic carboxylic acids is 1. The fraction of sp³-hybridized carbons (Fsp3) is 0.286. The Labute approximate surface area is 172 Å². The van der Waals surface area contributed by atoms with E-state index in [4.69, 9.17) is 4.74 Å². The predicted octanol–water partition coefficient (Wildman–Crippen LogP) is 3.05. The summed E-state index contributed by atoms with van der Waals surface area (Å²) in [5.41, 5.74) is 1.24. The minimum atomic E-state index is -1.12. The lowest BCUT2D eigenvalue weighted by molar-refractivity contribution is 0.0696. The Balaban J connectivity index is 1.81. The van der Waals surface area contributed by atoms with Crippen LogP contribution in [0.5, 0.6) is 0 Å². The second-order valence-electron chi connectivity index (χ2n) is 6.67. The maximum absolute atomic E-state index is 13.1. The number of amides is 2. The van der Waals surface area contributed by atoms with Gasteiger partial charge in [-0.25, -0.2) is 14.0 Å². The predicted molar refractivity (Wildman–Crippen MR) is 109 cm³/mol. The average molecular weight is 415 g/mol. The highest BCUT2D eigenvalue weighted by atomic mass is 19.1. The zero-order valence-corrected chi connectivity index (χ0v) is 16.4. The summed E-state index contributed by atoms with van der Waals surface area (Å²) in [6, 6.07) is 9.53. The van der Waals surface area contributed by atoms with Crippen LogP contribution in [0.3, 0.4) is 0 Å². The van der Waals surface area contributed by atoms with Crippen LogP contribution in [0.2, 0.25) is 0 Å². The minimum absolute atomic E-state index is 0.0262. The van der Waals surface area contributed by atoms with Gasteiger partial charge in [-0.3, -0.25) is 4.79 Å². The van der Waals surface area contributed by atoms with Crippen LogP contribution in [-0.4, -0.2) is 60.8 Å². The molecule has 1 fully saturated rings. The summed E-state index contributed by atoms with van der Waals surface area (Å²) < 4.78 is 18.1. The monoisotopic (exact) mass is 415 g/mol. The summed E-state index contributed by atoms with van der Waals surface area (Å²) in [4.78, 5) is 39.4. The van der Waals surface area contributed by atoms with Gasteiger partial charge < -0.3 is 25.0 Å². The van der Waals surface area contributed by atoms with E-state index in [0.29, 0.717) is 44.2 Å². The molecule has 8 nitrogen and oxygen atoms in total. The van der Waals surface area contributed by atoms with Gasteiger partial charge in [-0.1, -0.05) is 0 Å². The molecule has 0 unspecified atom stereocenters. The minimum Gasteiger partial charge on any atom is -0.478 e. The van der Waals surface area contributed by atoms with Gasteiger partial charge >= 0.3 is 12.1 Å². The molecule has 1 aliphatic rings. The summed E-state index contributed by atoms with van der Waals surface area (Å²) in [6.07, 6.45) is -0.372. The first kappa shape index (κ1) is 21.1. The van der Waals surface area contributed by atoms with Crippen molar-refractivity contribution in [1.82, 2.24) is 4.90 Å². The number of hydrogen-bond acceptors (Lipinski definition) is 5. The Bertz CT molecular complexity index is 940. The number of nitrogens with zero attached hydrogens (tertiary/aromatic N) is 2. The number of carboxylic acids is 1. The zero-order valence-electron chi connectivity index (χ0n) is 16.4. The topological polar surface area (TPSA) is 99.2 Å². The number of rotatable bonds is 5. The Hall–Kier alpha value is -3.62. The van der Waals surface area contributed by atoms with Crippen LogP contribution < -0.4 is 10.2 Å². The molecule has 2 aromatic rings. The molecule has 2 aromatic carbocycles. The number of benzene rings is 2. The molecule has 1 aliphatic heterocycles. The molecular formula is C21H22FN3O5. The van der Waals surface area contributed by atoms with Gasteiger partial charge in [0.05, 0.1) is 23.5 Å². The number of ether oxygens (including phenoxy) is 1. The number of carbonyl (C=O) groups is 3. The first-order valence-corrected chi connectivity index (χ1v) is 9.50. The van der Waals surface area contributed by atoms with Crippen LogP contribution in [0.4, 0.5) is 20.6 Å². The van der Waals surface area contributed by atoms with Crippen molar-refractivity contribution >= 4 is 29.3 Å². The van der Waals surface area contributed by atoms with E-state index < -0.39 is 17.7 Å². The average Bonchev–Trinajstić information content (AvgIpc) is 2.74. The van der Waals surface area contributed by atoms with E-state index in [-0.39, 0.29) is 17.2 Å². The third kappa shape index (κ3) is 4.86. The van der Waals surface area contributed by atoms with Crippen molar-refractivity contribution in [2.24, 2.45) is 0 Å². The van der Waals surface area contributed by atoms with Crippen molar-refractivity contribution in [3.05, 3.63) is 59.4 Å². The van der Waals surface area contributed by atoms with Crippen molar-refractivity contribution in [2.75, 3.05) is 43.0 Å². The van der Waals surface area contributed by atoms with Gasteiger partial charge in [0.2, 0.25) is 0 Å². The molecule has 1 heterocycles. The first-order valence-electron chi connectivity index (χ1n) is 9.50. The van der Waals surface area contributed by atoms with Crippen molar-refractivity contribution < 1.29 is 28.6 Å². The second kappa shape index (κ2) is 9.25. The SMILES string of the molecule is CCOC(=O)N1CCN(c2ccc(C(=O)O)cc2NC(=O)c2ccc(F)cc2)CC1. The lowest BCUT2D eigenvalue weighted by Gasteiger charge is -2.36. The summed E-state index contributed by atoms with van der Waals surface area (Å²) in [6.45, 7) is 3.90. The van der Waals surface area contributed by atoms with Gasteiger partial charge in [0.1, 0.15) is 5.82 Å². The highest BCUT2D eigenvalue weighted by Gasteiger charge is 2.24. The Morgan fingerprint density at radius 2 is 1.67 bits per heavy atom. The van der Waals surface area contributed by atoms with Crippen molar-refractivity contribution in [1.29, 1.82) is 0 Å². The molecule has 0 saturated carbocycles. The molecule has 0 aliphatic carbocycles. The van der Waals surface area contributed by atoms with E-state index in [1.165, 1.54) is 36.4 Å². The smallest absolute Gasteiger partial charge is 0.409 e. The van der Waals surface area contributed by atoms with Crippen molar-refractivity contribution in [2.45, 2.75) is 6.92 Å². The van der Waals surface area contributed by atoms with Gasteiger partial charge in [0, 0.05) is 31.7 Å². The molecule has 0 bridgehead atoms. The number of anilines is 2. The third-order valence-corrected chi connectivity index (χ3v) is 4.74. The molecule has 2 amide bonds. The summed E-state index contributed by atoms with van der Waals surface area (Å²) in [5, 5.41) is 12.0. The van der Waals surface area contributed by atoms with E-state index in [9.17, 15) is 23.9 Å². The van der Waals surface area contributed by atoms with E-state index in [1.54, 1.807) is 17.9 Å². The second-order valence-corrected chi connectivity index (χ2v) is 6.67. The lowest BCUT2D eigenvalue weighted by Crippen LogP contribution is -2.49. The summed E-state index contributed by atoms with van der Waals surface area (Å²) in [5.74, 6) is -2.06. The number of nitrogens with one attached hydrogen (secondary N) is 1. The van der Waals surface area contributed by atoms with E-state index in [0.717, 1.165) is 0 Å². The maximum atomic E-state index is 13.1. The third-order valence-electron chi connectivity index (χ3n) is 4.74. The Morgan fingerprint density at radius 1 is 1.03 bits per heavy atom. The van der Waals surface area contributed by atoms with E-state index >= 15 is 0 Å². The Kier molecular flexibility index (Phi) is 6.51. The van der Waals surface area contributed by atoms with Gasteiger partial charge in [-0.15, -0.1) is 0 Å². The molecular weight excluding hydrogens is 393 g/mol. The highest BCUT2D eigenvalue weighted by molar-refractivity contribution is 6.06. The maximum Gasteiger partial charge on any atom is 0.409 e. The molecule has 158 valence electrons. The van der Waals surface area contributed by atoms with Gasteiger partial charge in [-0.05, 0) is 49.4 Å². The fourth-order valence-electron chi connectivity index (χ4n) is 3.19. The van der Waals surface area contributed by atoms with Gasteiger partial charge in [-0.2, -0.15) is 0 Å².